The van der Waals surface area contributed by atoms with E-state index >= 15 is 0 Å². The summed E-state index contributed by atoms with van der Waals surface area (Å²) in [5.74, 6) is 0.869. The maximum Gasteiger partial charge on any atom is 0.281 e. The lowest BCUT2D eigenvalue weighted by molar-refractivity contribution is -0.125. The molecule has 7 N–H and O–H groups in total. The second kappa shape index (κ2) is 44.2. The summed E-state index contributed by atoms with van der Waals surface area (Å²) in [5.41, 5.74) is 11.0. The van der Waals surface area contributed by atoms with Crippen molar-refractivity contribution in [3.63, 3.8) is 0 Å². The first-order valence-electron chi connectivity index (χ1n) is 41.8. The maximum atomic E-state index is 13.4. The molecule has 1 atom stereocenters. The molecule has 2 aliphatic carbocycles. The normalized spacial score (nSPS) is 13.5. The minimum absolute atomic E-state index is 0.0181. The zero-order valence-electron chi connectivity index (χ0n) is 71.5. The highest BCUT2D eigenvalue weighted by Gasteiger charge is 2.29. The molecule has 1 saturated carbocycles. The lowest BCUT2D eigenvalue weighted by Gasteiger charge is -2.20. The van der Waals surface area contributed by atoms with Crippen molar-refractivity contribution in [2.75, 3.05) is 38.7 Å². The van der Waals surface area contributed by atoms with Crippen LogP contribution >= 0.6 is 69.6 Å². The molecule has 1 unspecified atom stereocenters. The van der Waals surface area contributed by atoms with E-state index in [-0.39, 0.29) is 51.3 Å². The standard InChI is InChI=1S/C34H34Cl2N2O6S.C33H30Cl2N2O5S.C29H35Cl2N3O5S/c1-4-42-24-8-10-25(11-9-24)44-26-12-14-28(15-13-26)45(40,41)38-34(39)33-30(29-16-7-23(35)20-31(29)37-33)6-5-17-43-27-18-21(2)32(36)22(3)19-27;1-21-17-26(18-22(2)31(21)35)41-16-6-9-29-28-15-10-24(34)19-30(28)36-32(29)33(38)37-43(39,40)27-13-11-25(12-14-27)42-20-23-7-4-3-5-8-23;1-18-15-22(16-19(2)26(18)31)39-13-6-9-24-23-11-10-21(30)17-25(23)33-27(24)29(36)34-40(37,38)14-12-32-28(35)20-7-4-3-5-8-20/h7-8,10-16,18-20,24,37H,4-6,9,17H2,1-3H3,(H,38,39);3-5,7-8,10-15,17-19,36H,6,9,16,20H2,1-2H3,(H,37,38);10-11,15-17,20,33H,3-9,12-14H2,1-2H3,(H,32,35)(H,34,36). The summed E-state index contributed by atoms with van der Waals surface area (Å²) in [6.07, 6.45) is 14.3. The van der Waals surface area contributed by atoms with E-state index in [0.717, 1.165) is 87.2 Å². The molecular formula is C96H99Cl6N7O16S3. The smallest absolute Gasteiger partial charge is 0.281 e. The van der Waals surface area contributed by atoms with Gasteiger partial charge in [0.15, 0.2) is 0 Å². The van der Waals surface area contributed by atoms with E-state index in [1.165, 1.54) is 24.3 Å². The minimum Gasteiger partial charge on any atom is -0.494 e. The molecule has 23 nitrogen and oxygen atoms in total. The number of rotatable bonds is 34. The van der Waals surface area contributed by atoms with Gasteiger partial charge in [0.1, 0.15) is 58.2 Å². The molecule has 0 aliphatic heterocycles. The Labute approximate surface area is 775 Å². The van der Waals surface area contributed by atoms with Crippen LogP contribution in [0.1, 0.15) is 152 Å². The van der Waals surface area contributed by atoms with Crippen molar-refractivity contribution in [1.29, 1.82) is 0 Å². The lowest BCUT2D eigenvalue weighted by Crippen LogP contribution is -2.39. The van der Waals surface area contributed by atoms with Gasteiger partial charge in [-0.05, 0) is 295 Å². The van der Waals surface area contributed by atoms with Gasteiger partial charge in [-0.25, -0.2) is 39.4 Å². The van der Waals surface area contributed by atoms with Crippen LogP contribution in [0.3, 0.4) is 0 Å². The third-order valence-electron chi connectivity index (χ3n) is 21.5. The Morgan fingerprint density at radius 3 is 1.22 bits per heavy atom. The second-order valence-corrected chi connectivity index (χ2v) is 38.9. The van der Waals surface area contributed by atoms with Crippen LogP contribution in [-0.4, -0.2) is 109 Å². The van der Waals surface area contributed by atoms with Gasteiger partial charge in [0.25, 0.3) is 37.8 Å². The lowest BCUT2D eigenvalue weighted by atomic mass is 9.89. The molecule has 3 aromatic heterocycles. The monoisotopic (exact) mass is 1910 g/mol. The number of aromatic amines is 3. The third kappa shape index (κ3) is 26.0. The number of carbonyl (C=O) groups excluding carboxylic acids is 4. The quantitative estimate of drug-likeness (QED) is 0.0184. The molecule has 0 saturated heterocycles. The van der Waals surface area contributed by atoms with Crippen molar-refractivity contribution in [3.05, 3.63) is 297 Å². The summed E-state index contributed by atoms with van der Waals surface area (Å²) in [5, 5.41) is 8.65. The number of hydrogen-bond acceptors (Lipinski definition) is 16. The molecule has 0 spiro atoms. The molecule has 128 heavy (non-hydrogen) atoms. The number of H-pyrrole nitrogens is 3. The van der Waals surface area contributed by atoms with Crippen LogP contribution in [0, 0.1) is 47.5 Å². The number of allylic oxidation sites excluding steroid dienone is 1. The first kappa shape index (κ1) is 96.6. The van der Waals surface area contributed by atoms with E-state index in [4.69, 9.17) is 98.0 Å². The number of sulfonamides is 3. The minimum atomic E-state index is -4.19. The van der Waals surface area contributed by atoms with Crippen LogP contribution in [-0.2, 0) is 65.5 Å². The number of hydrogen-bond donors (Lipinski definition) is 7. The topological polar surface area (TPSA) is 322 Å². The molecule has 1 fully saturated rings. The van der Waals surface area contributed by atoms with Crippen LogP contribution in [0.25, 0.3) is 32.7 Å². The van der Waals surface area contributed by atoms with Crippen molar-refractivity contribution >= 4 is 156 Å². The van der Waals surface area contributed by atoms with Gasteiger partial charge in [0, 0.05) is 81.9 Å². The number of nitrogens with one attached hydrogen (secondary N) is 7. The van der Waals surface area contributed by atoms with Crippen LogP contribution in [0.15, 0.2) is 204 Å². The second-order valence-electron chi connectivity index (χ2n) is 31.2. The van der Waals surface area contributed by atoms with Gasteiger partial charge in [-0.3, -0.25) is 19.2 Å². The van der Waals surface area contributed by atoms with Gasteiger partial charge < -0.3 is 48.7 Å². The van der Waals surface area contributed by atoms with Crippen molar-refractivity contribution in [2.45, 2.75) is 148 Å². The Morgan fingerprint density at radius 1 is 0.445 bits per heavy atom. The molecule has 3 heterocycles. The molecule has 0 radical (unpaired) electrons. The molecule has 0 bridgehead atoms. The summed E-state index contributed by atoms with van der Waals surface area (Å²) in [7, 11) is -12.3. The van der Waals surface area contributed by atoms with E-state index in [0.29, 0.717) is 176 Å². The van der Waals surface area contributed by atoms with E-state index in [9.17, 15) is 44.4 Å². The maximum absolute atomic E-state index is 13.4. The Kier molecular flexibility index (Phi) is 33.4. The summed E-state index contributed by atoms with van der Waals surface area (Å²) >= 11 is 37.3. The van der Waals surface area contributed by atoms with Gasteiger partial charge in [-0.2, -0.15) is 0 Å². The highest BCUT2D eigenvalue weighted by molar-refractivity contribution is 7.90. The average molecular weight is 1920 g/mol. The van der Waals surface area contributed by atoms with Gasteiger partial charge in [-0.15, -0.1) is 0 Å². The van der Waals surface area contributed by atoms with Crippen molar-refractivity contribution in [2.24, 2.45) is 5.92 Å². The summed E-state index contributed by atoms with van der Waals surface area (Å²) in [4.78, 5) is 61.3. The molecule has 32 heteroatoms. The fourth-order valence-electron chi connectivity index (χ4n) is 15.1. The zero-order chi connectivity index (χ0) is 91.6. The van der Waals surface area contributed by atoms with Crippen LogP contribution in [0.2, 0.25) is 30.1 Å². The van der Waals surface area contributed by atoms with Crippen molar-refractivity contribution in [3.8, 4) is 28.7 Å². The largest absolute Gasteiger partial charge is 0.494 e. The summed E-state index contributed by atoms with van der Waals surface area (Å²) in [6, 6.07) is 48.5. The first-order chi connectivity index (χ1) is 61.2. The zero-order valence-corrected chi connectivity index (χ0v) is 78.5. The van der Waals surface area contributed by atoms with E-state index in [1.807, 2.05) is 152 Å². The number of fused-ring (bicyclic) bond motifs is 3. The Hall–Kier alpha value is -10.5. The van der Waals surface area contributed by atoms with E-state index in [1.54, 1.807) is 60.7 Å². The number of aromatic nitrogens is 3. The number of amides is 4. The number of carbonyl (C=O) groups is 4. The SMILES string of the molecule is CCOC1C=CC(Oc2ccc(S(=O)(=O)NC(=O)c3[nH]c4cc(Cl)ccc4c3CCCOc3cc(C)c(Cl)c(C)c3)cc2)=CC1.Cc1cc(OCCCc2c(C(=O)NS(=O)(=O)CCNC(=O)C3CCCCC3)[nH]c3cc(Cl)ccc23)cc(C)c1Cl.Cc1cc(OCCCc2c(C(=O)NS(=O)(=O)c3ccc(OCc4ccccc4)cc3)[nH]c3cc(Cl)ccc23)cc(C)c1Cl. The molecular weight excluding hydrogens is 1820 g/mol. The summed E-state index contributed by atoms with van der Waals surface area (Å²) < 4.78 is 120. The highest BCUT2D eigenvalue weighted by atomic mass is 35.5. The van der Waals surface area contributed by atoms with E-state index < -0.39 is 53.5 Å². The Balaban J connectivity index is 0.000000174. The number of ether oxygens (including phenoxy) is 6. The van der Waals surface area contributed by atoms with Gasteiger partial charge in [0.05, 0.1) is 41.5 Å². The number of benzene rings is 9. The molecule has 14 rings (SSSR count). The predicted molar refractivity (Wildman–Crippen MR) is 506 cm³/mol. The van der Waals surface area contributed by atoms with Crippen LogP contribution in [0.5, 0.6) is 28.7 Å². The number of aryl methyl sites for hydroxylation is 9. The summed E-state index contributed by atoms with van der Waals surface area (Å²) in [6.45, 7) is 15.5. The highest BCUT2D eigenvalue weighted by Crippen LogP contribution is 2.35. The molecule has 9 aromatic carbocycles. The van der Waals surface area contributed by atoms with Crippen molar-refractivity contribution in [1.82, 2.24) is 34.4 Å². The first-order valence-corrected chi connectivity index (χ1v) is 48.7. The number of halogens is 6. The molecule has 12 aromatic rings. The third-order valence-corrected chi connectivity index (χ3v) is 28.0. The Morgan fingerprint density at radius 2 is 0.836 bits per heavy atom. The van der Waals surface area contributed by atoms with E-state index in [2.05, 4.69) is 34.4 Å². The van der Waals surface area contributed by atoms with Gasteiger partial charge >= 0.3 is 0 Å². The molecule has 4 amide bonds. The molecule has 674 valence electrons. The fourth-order valence-corrected chi connectivity index (χ4v) is 18.7. The predicted octanol–water partition coefficient (Wildman–Crippen LogP) is 21.5. The van der Waals surface area contributed by atoms with Crippen LogP contribution < -0.4 is 43.2 Å². The van der Waals surface area contributed by atoms with Gasteiger partial charge in [-0.1, -0.05) is 143 Å². The molecule has 2 aliphatic rings. The van der Waals surface area contributed by atoms with Gasteiger partial charge in [0.2, 0.25) is 15.9 Å². The average Bonchev–Trinajstić information content (AvgIpc) is 1.64. The van der Waals surface area contributed by atoms with Crippen molar-refractivity contribution < 1.29 is 72.9 Å². The fraction of sp³-hybridized carbons (Fsp3) is 0.292. The van der Waals surface area contributed by atoms with Crippen LogP contribution in [0.4, 0.5) is 0 Å². The Bertz CT molecular complexity index is 6410.